The Morgan fingerprint density at radius 2 is 2.00 bits per heavy atom. The van der Waals surface area contributed by atoms with Gasteiger partial charge in [-0.05, 0) is 19.3 Å². The summed E-state index contributed by atoms with van der Waals surface area (Å²) in [6.45, 7) is 7.98. The van der Waals surface area contributed by atoms with Gasteiger partial charge in [0, 0.05) is 19.7 Å². The van der Waals surface area contributed by atoms with Gasteiger partial charge >= 0.3 is 0 Å². The number of amides is 1. The molecule has 0 heterocycles. The molecule has 0 bridgehead atoms. The Kier molecular flexibility index (Phi) is 8.33. The van der Waals surface area contributed by atoms with Gasteiger partial charge in [0.25, 0.3) is 0 Å². The van der Waals surface area contributed by atoms with E-state index in [-0.39, 0.29) is 5.91 Å². The molecule has 4 nitrogen and oxygen atoms in total. The highest BCUT2D eigenvalue weighted by Gasteiger charge is 2.06. The Morgan fingerprint density at radius 3 is 2.53 bits per heavy atom. The first kappa shape index (κ1) is 14.4. The highest BCUT2D eigenvalue weighted by molar-refractivity contribution is 5.77. The van der Waals surface area contributed by atoms with Crippen molar-refractivity contribution in [2.45, 2.75) is 33.2 Å². The smallest absolute Gasteiger partial charge is 0.234 e. The van der Waals surface area contributed by atoms with E-state index in [0.29, 0.717) is 31.7 Å². The van der Waals surface area contributed by atoms with Gasteiger partial charge in [-0.3, -0.25) is 4.79 Å². The molecule has 0 aliphatic rings. The monoisotopic (exact) mass is 216 g/mol. The van der Waals surface area contributed by atoms with E-state index < -0.39 is 0 Å². The third-order valence-electron chi connectivity index (χ3n) is 2.06. The van der Waals surface area contributed by atoms with E-state index in [0.717, 1.165) is 6.42 Å². The van der Waals surface area contributed by atoms with Crippen LogP contribution in [0.3, 0.4) is 0 Å². The number of rotatable bonds is 8. The van der Waals surface area contributed by atoms with E-state index in [1.807, 2.05) is 0 Å². The fourth-order valence-electron chi connectivity index (χ4n) is 1.41. The van der Waals surface area contributed by atoms with Crippen molar-refractivity contribution in [3.63, 3.8) is 0 Å². The second kappa shape index (κ2) is 8.68. The van der Waals surface area contributed by atoms with E-state index in [2.05, 4.69) is 31.4 Å². The molecule has 0 rings (SSSR count). The summed E-state index contributed by atoms with van der Waals surface area (Å²) in [5, 5.41) is 5.95. The number of carbonyl (C=O) groups excluding carboxylic acids is 1. The van der Waals surface area contributed by atoms with Gasteiger partial charge in [0.2, 0.25) is 5.91 Å². The van der Waals surface area contributed by atoms with Gasteiger partial charge in [0.15, 0.2) is 0 Å². The lowest BCUT2D eigenvalue weighted by molar-refractivity contribution is -0.120. The summed E-state index contributed by atoms with van der Waals surface area (Å²) in [6, 6.07) is 0.387. The van der Waals surface area contributed by atoms with Crippen molar-refractivity contribution in [2.24, 2.45) is 5.92 Å². The summed E-state index contributed by atoms with van der Waals surface area (Å²) in [5.41, 5.74) is 0. The van der Waals surface area contributed by atoms with E-state index in [1.54, 1.807) is 7.11 Å². The lowest BCUT2D eigenvalue weighted by Gasteiger charge is -2.15. The van der Waals surface area contributed by atoms with Crippen LogP contribution in [0.4, 0.5) is 0 Å². The minimum atomic E-state index is 0.0302. The Hall–Kier alpha value is -0.610. The Bertz CT molecular complexity index is 172. The van der Waals surface area contributed by atoms with Crippen molar-refractivity contribution in [3.8, 4) is 0 Å². The van der Waals surface area contributed by atoms with Crippen LogP contribution in [0.2, 0.25) is 0 Å². The minimum absolute atomic E-state index is 0.0302. The highest BCUT2D eigenvalue weighted by atomic mass is 16.5. The average Bonchev–Trinajstić information content (AvgIpc) is 2.14. The molecule has 1 atom stereocenters. The fraction of sp³-hybridized carbons (Fsp3) is 0.909. The van der Waals surface area contributed by atoms with Crippen molar-refractivity contribution >= 4 is 5.91 Å². The van der Waals surface area contributed by atoms with Crippen LogP contribution in [-0.2, 0) is 9.53 Å². The molecular weight excluding hydrogens is 192 g/mol. The van der Waals surface area contributed by atoms with Gasteiger partial charge in [-0.15, -0.1) is 0 Å². The van der Waals surface area contributed by atoms with Gasteiger partial charge in [0.05, 0.1) is 13.2 Å². The third-order valence-corrected chi connectivity index (χ3v) is 2.06. The highest BCUT2D eigenvalue weighted by Crippen LogP contribution is 2.02. The predicted molar refractivity (Wildman–Crippen MR) is 61.8 cm³/mol. The normalized spacial score (nSPS) is 12.9. The van der Waals surface area contributed by atoms with Crippen molar-refractivity contribution in [2.75, 3.05) is 26.8 Å². The molecule has 0 aliphatic carbocycles. The Morgan fingerprint density at radius 1 is 1.33 bits per heavy atom. The summed E-state index contributed by atoms with van der Waals surface area (Å²) >= 11 is 0. The van der Waals surface area contributed by atoms with E-state index >= 15 is 0 Å². The van der Waals surface area contributed by atoms with Crippen LogP contribution < -0.4 is 10.6 Å². The number of hydrogen-bond donors (Lipinski definition) is 2. The molecule has 0 aromatic rings. The minimum Gasteiger partial charge on any atom is -0.383 e. The summed E-state index contributed by atoms with van der Waals surface area (Å²) in [4.78, 5) is 11.3. The predicted octanol–water partition coefficient (Wildman–Crippen LogP) is 0.773. The maximum absolute atomic E-state index is 11.3. The molecule has 4 heteroatoms. The fourth-order valence-corrected chi connectivity index (χ4v) is 1.41. The quantitative estimate of drug-likeness (QED) is 0.589. The molecule has 90 valence electrons. The first-order valence-electron chi connectivity index (χ1n) is 5.55. The third kappa shape index (κ3) is 9.69. The summed E-state index contributed by atoms with van der Waals surface area (Å²) < 4.78 is 4.84. The summed E-state index contributed by atoms with van der Waals surface area (Å²) in [5.74, 6) is 0.687. The van der Waals surface area contributed by atoms with Gasteiger partial charge in [-0.1, -0.05) is 13.8 Å². The molecule has 0 spiro atoms. The van der Waals surface area contributed by atoms with Crippen LogP contribution in [0.5, 0.6) is 0 Å². The number of methoxy groups -OCH3 is 1. The van der Waals surface area contributed by atoms with Crippen molar-refractivity contribution in [1.82, 2.24) is 10.6 Å². The number of nitrogens with one attached hydrogen (secondary N) is 2. The van der Waals surface area contributed by atoms with Crippen molar-refractivity contribution in [3.05, 3.63) is 0 Å². The zero-order valence-corrected chi connectivity index (χ0v) is 10.3. The maximum Gasteiger partial charge on any atom is 0.234 e. The lowest BCUT2D eigenvalue weighted by atomic mass is 10.1. The van der Waals surface area contributed by atoms with Crippen molar-refractivity contribution < 1.29 is 9.53 Å². The molecule has 1 unspecified atom stereocenters. The van der Waals surface area contributed by atoms with Crippen LogP contribution in [0.1, 0.15) is 27.2 Å². The van der Waals surface area contributed by atoms with E-state index in [4.69, 9.17) is 4.74 Å². The Balaban J connectivity index is 3.44. The maximum atomic E-state index is 11.3. The van der Waals surface area contributed by atoms with Crippen LogP contribution >= 0.6 is 0 Å². The van der Waals surface area contributed by atoms with Gasteiger partial charge in [-0.2, -0.15) is 0 Å². The summed E-state index contributed by atoms with van der Waals surface area (Å²) in [6.07, 6.45) is 1.09. The molecule has 0 fully saturated rings. The lowest BCUT2D eigenvalue weighted by Crippen LogP contribution is -2.39. The number of ether oxygens (including phenoxy) is 1. The molecule has 0 aromatic heterocycles. The van der Waals surface area contributed by atoms with E-state index in [9.17, 15) is 4.79 Å². The van der Waals surface area contributed by atoms with Gasteiger partial charge in [0.1, 0.15) is 0 Å². The Labute approximate surface area is 92.8 Å². The van der Waals surface area contributed by atoms with Gasteiger partial charge < -0.3 is 15.4 Å². The van der Waals surface area contributed by atoms with Crippen LogP contribution in [0.15, 0.2) is 0 Å². The number of carbonyl (C=O) groups is 1. The standard InChI is InChI=1S/C11H24N2O2/c1-9(2)7-10(3)13-8-11(14)12-5-6-15-4/h9-10,13H,5-8H2,1-4H3,(H,12,14). The zero-order valence-electron chi connectivity index (χ0n) is 10.3. The van der Waals surface area contributed by atoms with Crippen molar-refractivity contribution in [1.29, 1.82) is 0 Å². The SMILES string of the molecule is COCCNC(=O)CNC(C)CC(C)C. The molecule has 15 heavy (non-hydrogen) atoms. The van der Waals surface area contributed by atoms with Crippen LogP contribution in [-0.4, -0.2) is 38.8 Å². The molecule has 0 aliphatic heterocycles. The molecule has 0 saturated carbocycles. The zero-order chi connectivity index (χ0) is 11.7. The summed E-state index contributed by atoms with van der Waals surface area (Å²) in [7, 11) is 1.62. The molecule has 0 aromatic carbocycles. The topological polar surface area (TPSA) is 50.4 Å². The van der Waals surface area contributed by atoms with Crippen LogP contribution in [0, 0.1) is 5.92 Å². The van der Waals surface area contributed by atoms with Gasteiger partial charge in [-0.25, -0.2) is 0 Å². The molecule has 0 saturated heterocycles. The molecular formula is C11H24N2O2. The second-order valence-electron chi connectivity index (χ2n) is 4.25. The number of hydrogen-bond acceptors (Lipinski definition) is 3. The largest absolute Gasteiger partial charge is 0.383 e. The second-order valence-corrected chi connectivity index (χ2v) is 4.25. The average molecular weight is 216 g/mol. The molecule has 0 radical (unpaired) electrons. The van der Waals surface area contributed by atoms with E-state index in [1.165, 1.54) is 0 Å². The first-order chi connectivity index (χ1) is 7.06. The molecule has 1 amide bonds. The van der Waals surface area contributed by atoms with Crippen LogP contribution in [0.25, 0.3) is 0 Å². The molecule has 2 N–H and O–H groups in total. The first-order valence-corrected chi connectivity index (χ1v) is 5.55.